The van der Waals surface area contributed by atoms with Crippen molar-refractivity contribution in [2.45, 2.75) is 45.1 Å². The van der Waals surface area contributed by atoms with Crippen LogP contribution in [0.15, 0.2) is 54.6 Å². The van der Waals surface area contributed by atoms with Crippen molar-refractivity contribution in [3.05, 3.63) is 65.7 Å². The molecule has 1 fully saturated rings. The Morgan fingerprint density at radius 1 is 1.13 bits per heavy atom. The molecule has 0 unspecified atom stereocenters. The summed E-state index contributed by atoms with van der Waals surface area (Å²) in [7, 11) is 0. The van der Waals surface area contributed by atoms with Crippen molar-refractivity contribution in [2.24, 2.45) is 0 Å². The van der Waals surface area contributed by atoms with Gasteiger partial charge in [0.1, 0.15) is 0 Å². The molecule has 2 amide bonds. The average Bonchev–Trinajstić information content (AvgIpc) is 3.20. The Balaban J connectivity index is 1.56. The lowest BCUT2D eigenvalue weighted by molar-refractivity contribution is -0.129. The molecule has 1 heterocycles. The normalized spacial score (nSPS) is 15.5. The van der Waals surface area contributed by atoms with Crippen LogP contribution in [0, 0.1) is 0 Å². The second-order valence-corrected chi connectivity index (χ2v) is 7.51. The highest BCUT2D eigenvalue weighted by Crippen LogP contribution is 2.23. The van der Waals surface area contributed by atoms with E-state index in [0.717, 1.165) is 12.8 Å². The Hall–Kier alpha value is -3.15. The number of nitrogens with one attached hydrogen (secondary N) is 1. The Bertz CT molecular complexity index is 897. The van der Waals surface area contributed by atoms with Crippen LogP contribution in [0.5, 0.6) is 0 Å². The summed E-state index contributed by atoms with van der Waals surface area (Å²) in [5, 5.41) is 2.88. The topological polar surface area (TPSA) is 75.7 Å². The number of carbonyl (C=O) groups is 3. The number of carbonyl (C=O) groups excluding carboxylic acids is 3. The molecule has 1 saturated heterocycles. The molecular formula is C24H28N2O4. The Morgan fingerprint density at radius 3 is 2.57 bits per heavy atom. The SMILES string of the molecule is CC[C@H](CNC(=O)[C@@H](C)OC(=O)c1cccc(N2CCCC2=O)c1)c1ccccc1. The molecule has 2 aromatic rings. The first-order chi connectivity index (χ1) is 14.5. The van der Waals surface area contributed by atoms with Crippen molar-refractivity contribution in [3.63, 3.8) is 0 Å². The highest BCUT2D eigenvalue weighted by Gasteiger charge is 2.24. The summed E-state index contributed by atoms with van der Waals surface area (Å²) in [4.78, 5) is 38.6. The van der Waals surface area contributed by atoms with E-state index in [1.54, 1.807) is 36.1 Å². The smallest absolute Gasteiger partial charge is 0.338 e. The summed E-state index contributed by atoms with van der Waals surface area (Å²) in [6.45, 7) is 4.76. The molecule has 6 nitrogen and oxygen atoms in total. The van der Waals surface area contributed by atoms with Crippen molar-refractivity contribution in [2.75, 3.05) is 18.0 Å². The number of esters is 1. The first-order valence-corrected chi connectivity index (χ1v) is 10.4. The number of ether oxygens (including phenoxy) is 1. The minimum Gasteiger partial charge on any atom is -0.449 e. The van der Waals surface area contributed by atoms with Gasteiger partial charge in [0, 0.05) is 31.1 Å². The maximum Gasteiger partial charge on any atom is 0.338 e. The van der Waals surface area contributed by atoms with Crippen molar-refractivity contribution in [1.29, 1.82) is 0 Å². The molecule has 3 rings (SSSR count). The van der Waals surface area contributed by atoms with Gasteiger partial charge in [0.05, 0.1) is 5.56 Å². The molecule has 0 aliphatic carbocycles. The molecule has 158 valence electrons. The van der Waals surface area contributed by atoms with E-state index < -0.39 is 12.1 Å². The van der Waals surface area contributed by atoms with Crippen LogP contribution in [0.2, 0.25) is 0 Å². The van der Waals surface area contributed by atoms with Crippen LogP contribution in [0.3, 0.4) is 0 Å². The lowest BCUT2D eigenvalue weighted by Gasteiger charge is -2.19. The fourth-order valence-electron chi connectivity index (χ4n) is 3.59. The summed E-state index contributed by atoms with van der Waals surface area (Å²) in [6.07, 6.45) is 1.31. The van der Waals surface area contributed by atoms with Crippen LogP contribution in [0.1, 0.15) is 54.9 Å². The van der Waals surface area contributed by atoms with Crippen LogP contribution >= 0.6 is 0 Å². The van der Waals surface area contributed by atoms with E-state index in [4.69, 9.17) is 4.74 Å². The molecular weight excluding hydrogens is 380 g/mol. The number of anilines is 1. The number of rotatable bonds is 8. The van der Waals surface area contributed by atoms with Crippen LogP contribution in [-0.4, -0.2) is 37.0 Å². The molecule has 0 bridgehead atoms. The molecule has 0 aromatic heterocycles. The van der Waals surface area contributed by atoms with Crippen molar-refractivity contribution >= 4 is 23.5 Å². The summed E-state index contributed by atoms with van der Waals surface area (Å²) >= 11 is 0. The number of benzene rings is 2. The standard InChI is InChI=1S/C24H28N2O4/c1-3-18(19-9-5-4-6-10-19)16-25-23(28)17(2)30-24(29)20-11-7-12-21(15-20)26-14-8-13-22(26)27/h4-7,9-12,15,17-18H,3,8,13-14,16H2,1-2H3,(H,25,28)/t17-,18-/m1/s1. The molecule has 2 atom stereocenters. The quantitative estimate of drug-likeness (QED) is 0.676. The second-order valence-electron chi connectivity index (χ2n) is 7.51. The highest BCUT2D eigenvalue weighted by atomic mass is 16.5. The van der Waals surface area contributed by atoms with Crippen LogP contribution in [0.25, 0.3) is 0 Å². The molecule has 6 heteroatoms. The summed E-state index contributed by atoms with van der Waals surface area (Å²) in [6, 6.07) is 16.8. The van der Waals surface area contributed by atoms with Crippen molar-refractivity contribution in [1.82, 2.24) is 5.32 Å². The van der Waals surface area contributed by atoms with Crippen LogP contribution in [-0.2, 0) is 14.3 Å². The number of hydrogen-bond donors (Lipinski definition) is 1. The number of nitrogens with zero attached hydrogens (tertiary/aromatic N) is 1. The molecule has 2 aromatic carbocycles. The zero-order chi connectivity index (χ0) is 21.5. The molecule has 30 heavy (non-hydrogen) atoms. The van der Waals surface area contributed by atoms with Gasteiger partial charge in [-0.1, -0.05) is 43.3 Å². The highest BCUT2D eigenvalue weighted by molar-refractivity contribution is 5.98. The monoisotopic (exact) mass is 408 g/mol. The van der Waals surface area contributed by atoms with Gasteiger partial charge in [-0.15, -0.1) is 0 Å². The lowest BCUT2D eigenvalue weighted by Crippen LogP contribution is -2.38. The average molecular weight is 408 g/mol. The summed E-state index contributed by atoms with van der Waals surface area (Å²) in [5.74, 6) is -0.658. The Kier molecular flexibility index (Phi) is 7.22. The van der Waals surface area contributed by atoms with Crippen LogP contribution in [0.4, 0.5) is 5.69 Å². The number of amides is 2. The first-order valence-electron chi connectivity index (χ1n) is 10.4. The maximum absolute atomic E-state index is 12.5. The zero-order valence-corrected chi connectivity index (χ0v) is 17.5. The zero-order valence-electron chi connectivity index (χ0n) is 17.5. The van der Waals surface area contributed by atoms with Crippen LogP contribution < -0.4 is 10.2 Å². The second kappa shape index (κ2) is 10.1. The minimum atomic E-state index is -0.914. The van der Waals surface area contributed by atoms with E-state index in [2.05, 4.69) is 12.2 Å². The molecule has 0 radical (unpaired) electrons. The fourth-order valence-corrected chi connectivity index (χ4v) is 3.59. The van der Waals surface area contributed by atoms with Gasteiger partial charge in [0.15, 0.2) is 6.10 Å². The molecule has 0 saturated carbocycles. The van der Waals surface area contributed by atoms with Crippen molar-refractivity contribution in [3.8, 4) is 0 Å². The van der Waals surface area contributed by atoms with Gasteiger partial charge in [-0.25, -0.2) is 4.79 Å². The van der Waals surface area contributed by atoms with Gasteiger partial charge in [-0.2, -0.15) is 0 Å². The Labute approximate surface area is 177 Å². The lowest BCUT2D eigenvalue weighted by atomic mass is 9.96. The predicted octanol–water partition coefficient (Wildman–Crippen LogP) is 3.67. The largest absolute Gasteiger partial charge is 0.449 e. The molecule has 1 aliphatic heterocycles. The van der Waals surface area contributed by atoms with Gasteiger partial charge in [0.2, 0.25) is 5.91 Å². The third-order valence-corrected chi connectivity index (χ3v) is 5.41. The van der Waals surface area contributed by atoms with Crippen molar-refractivity contribution < 1.29 is 19.1 Å². The van der Waals surface area contributed by atoms with Gasteiger partial charge >= 0.3 is 5.97 Å². The first kappa shape index (κ1) is 21.6. The predicted molar refractivity (Wildman–Crippen MR) is 115 cm³/mol. The van der Waals surface area contributed by atoms with E-state index in [-0.39, 0.29) is 17.7 Å². The third kappa shape index (κ3) is 5.26. The van der Waals surface area contributed by atoms with E-state index in [1.165, 1.54) is 5.56 Å². The fraction of sp³-hybridized carbons (Fsp3) is 0.375. The maximum atomic E-state index is 12.5. The van der Waals surface area contributed by atoms with E-state index in [9.17, 15) is 14.4 Å². The summed E-state index contributed by atoms with van der Waals surface area (Å²) < 4.78 is 5.36. The Morgan fingerprint density at radius 2 is 1.90 bits per heavy atom. The van der Waals surface area contributed by atoms with Gasteiger partial charge in [-0.05, 0) is 43.5 Å². The van der Waals surface area contributed by atoms with Gasteiger partial charge < -0.3 is 15.0 Å². The number of hydrogen-bond acceptors (Lipinski definition) is 4. The third-order valence-electron chi connectivity index (χ3n) is 5.41. The molecule has 1 aliphatic rings. The minimum absolute atomic E-state index is 0.0529. The summed E-state index contributed by atoms with van der Waals surface area (Å²) in [5.41, 5.74) is 2.17. The molecule has 0 spiro atoms. The van der Waals surface area contributed by atoms with Gasteiger partial charge in [0.25, 0.3) is 5.91 Å². The van der Waals surface area contributed by atoms with E-state index >= 15 is 0 Å². The van der Waals surface area contributed by atoms with Gasteiger partial charge in [-0.3, -0.25) is 9.59 Å². The van der Waals surface area contributed by atoms with E-state index in [0.29, 0.717) is 30.8 Å². The molecule has 1 N–H and O–H groups in total. The van der Waals surface area contributed by atoms with E-state index in [1.807, 2.05) is 30.3 Å².